The molecule has 0 fully saturated rings. The highest BCUT2D eigenvalue weighted by atomic mass is 35.5. The van der Waals surface area contributed by atoms with Gasteiger partial charge in [0.25, 0.3) is 0 Å². The van der Waals surface area contributed by atoms with Crippen LogP contribution in [0.5, 0.6) is 0 Å². The van der Waals surface area contributed by atoms with Crippen LogP contribution in [-0.4, -0.2) is 44.3 Å². The van der Waals surface area contributed by atoms with Crippen molar-refractivity contribution in [3.63, 3.8) is 0 Å². The molecule has 15 heteroatoms. The fraction of sp³-hybridized carbons (Fsp3) is 0.286. The first-order chi connectivity index (χ1) is 13.1. The van der Waals surface area contributed by atoms with Gasteiger partial charge in [-0.25, -0.2) is 8.89 Å². The van der Waals surface area contributed by atoms with Crippen molar-refractivity contribution in [3.05, 3.63) is 33.4 Å². The topological polar surface area (TPSA) is 88.0 Å². The Morgan fingerprint density at radius 3 is 2.03 bits per heavy atom. The quantitative estimate of drug-likeness (QED) is 0.388. The molecule has 1 heterocycles. The summed E-state index contributed by atoms with van der Waals surface area (Å²) < 4.78 is 90.4. The van der Waals surface area contributed by atoms with Crippen LogP contribution < -0.4 is 5.73 Å². The largest absolute Gasteiger partial charge is 0.476 e. The number of hydrogen-bond acceptors (Lipinski definition) is 4. The molecule has 29 heavy (non-hydrogen) atoms. The van der Waals surface area contributed by atoms with Crippen molar-refractivity contribution in [2.45, 2.75) is 16.6 Å². The van der Waals surface area contributed by atoms with Crippen molar-refractivity contribution in [2.24, 2.45) is 0 Å². The van der Waals surface area contributed by atoms with Crippen LogP contribution in [0, 0.1) is 5.41 Å². The summed E-state index contributed by atoms with van der Waals surface area (Å²) in [5, 5.41) is 10.4. The van der Waals surface area contributed by atoms with E-state index in [0.29, 0.717) is 16.8 Å². The van der Waals surface area contributed by atoms with Gasteiger partial charge in [-0.15, -0.1) is 0 Å². The second kappa shape index (κ2) is 7.69. The standard InChI is InChI=1S/C14H11Cl2F6N5OS/c1-26(2)11(23)8-10(29(28)14(20,21)22)12(24)27(25-8)9-6(15)3-5(4-7(9)16)13(17,18)19/h3-4,23H,24H2,1-2H3. The first-order valence-corrected chi connectivity index (χ1v) is 9.17. The number of halogens is 8. The summed E-state index contributed by atoms with van der Waals surface area (Å²) >= 11 is 11.7. The summed E-state index contributed by atoms with van der Waals surface area (Å²) in [4.78, 5) is 0.0299. The molecule has 3 N–H and O–H groups in total. The van der Waals surface area contributed by atoms with Gasteiger partial charge < -0.3 is 10.6 Å². The van der Waals surface area contributed by atoms with Crippen molar-refractivity contribution in [1.29, 1.82) is 5.41 Å². The summed E-state index contributed by atoms with van der Waals surface area (Å²) in [6, 6.07) is 0.975. The Balaban J connectivity index is 2.83. The van der Waals surface area contributed by atoms with E-state index in [1.807, 2.05) is 0 Å². The van der Waals surface area contributed by atoms with E-state index in [9.17, 15) is 30.6 Å². The number of nitrogen functional groups attached to an aromatic ring is 1. The van der Waals surface area contributed by atoms with Crippen LogP contribution in [0.3, 0.4) is 0 Å². The van der Waals surface area contributed by atoms with Crippen LogP contribution in [0.25, 0.3) is 5.69 Å². The highest BCUT2D eigenvalue weighted by molar-refractivity contribution is 7.86. The molecule has 1 atom stereocenters. The van der Waals surface area contributed by atoms with Crippen molar-refractivity contribution in [2.75, 3.05) is 19.8 Å². The lowest BCUT2D eigenvalue weighted by Crippen LogP contribution is -2.25. The molecule has 2 aromatic rings. The third kappa shape index (κ3) is 4.46. The Morgan fingerprint density at radius 1 is 1.17 bits per heavy atom. The lowest BCUT2D eigenvalue weighted by molar-refractivity contribution is -0.137. The number of rotatable bonds is 3. The predicted molar refractivity (Wildman–Crippen MR) is 96.0 cm³/mol. The SMILES string of the molecule is CN(C)C(=N)c1nn(-c2c(Cl)cc(C(F)(F)F)cc2Cl)c(N)c1S(=O)C(F)(F)F. The van der Waals surface area contributed by atoms with E-state index >= 15 is 0 Å². The number of nitrogens with two attached hydrogens (primary N) is 1. The monoisotopic (exact) mass is 481 g/mol. The van der Waals surface area contributed by atoms with Gasteiger partial charge in [-0.2, -0.15) is 31.4 Å². The lowest BCUT2D eigenvalue weighted by Gasteiger charge is -2.13. The Bertz CT molecular complexity index is 979. The Labute approximate surface area is 172 Å². The maximum absolute atomic E-state index is 13.1. The van der Waals surface area contributed by atoms with Crippen molar-refractivity contribution in [3.8, 4) is 5.69 Å². The molecule has 0 saturated heterocycles. The van der Waals surface area contributed by atoms with Crippen LogP contribution in [-0.2, 0) is 17.0 Å². The second-order valence-corrected chi connectivity index (χ2v) is 7.94. The summed E-state index contributed by atoms with van der Waals surface area (Å²) in [6.07, 6.45) is -4.79. The normalized spacial score (nSPS) is 13.4. The van der Waals surface area contributed by atoms with Crippen LogP contribution in [0.2, 0.25) is 10.0 Å². The van der Waals surface area contributed by atoms with Gasteiger partial charge in [-0.1, -0.05) is 23.2 Å². The molecule has 0 spiro atoms. The van der Waals surface area contributed by atoms with Crippen molar-refractivity contribution >= 4 is 45.7 Å². The molecule has 6 nitrogen and oxygen atoms in total. The second-order valence-electron chi connectivity index (χ2n) is 5.72. The smallest absolute Gasteiger partial charge is 0.383 e. The van der Waals surface area contributed by atoms with Gasteiger partial charge in [-0.3, -0.25) is 5.41 Å². The van der Waals surface area contributed by atoms with E-state index in [1.54, 1.807) is 0 Å². The average Bonchev–Trinajstić information content (AvgIpc) is 2.88. The zero-order chi connectivity index (χ0) is 22.5. The highest BCUT2D eigenvalue weighted by Gasteiger charge is 2.43. The molecule has 0 bridgehead atoms. The Kier molecular flexibility index (Phi) is 6.17. The van der Waals surface area contributed by atoms with Gasteiger partial charge >= 0.3 is 11.7 Å². The number of nitrogens with zero attached hydrogens (tertiary/aromatic N) is 3. The van der Waals surface area contributed by atoms with Crippen molar-refractivity contribution in [1.82, 2.24) is 14.7 Å². The molecule has 1 unspecified atom stereocenters. The number of nitrogens with one attached hydrogen (secondary N) is 1. The summed E-state index contributed by atoms with van der Waals surface area (Å²) in [5.74, 6) is -1.42. The zero-order valence-electron chi connectivity index (χ0n) is 14.4. The third-order valence-electron chi connectivity index (χ3n) is 3.50. The first kappa shape index (κ1) is 23.3. The Morgan fingerprint density at radius 2 is 1.66 bits per heavy atom. The minimum absolute atomic E-state index is 0.461. The molecular weight excluding hydrogens is 471 g/mol. The van der Waals surface area contributed by atoms with Gasteiger partial charge in [0.15, 0.2) is 10.8 Å². The number of alkyl halides is 6. The Hall–Kier alpha value is -1.99. The van der Waals surface area contributed by atoms with Crippen LogP contribution in [0.1, 0.15) is 11.3 Å². The molecule has 0 aliphatic heterocycles. The minimum atomic E-state index is -5.24. The van der Waals surface area contributed by atoms with Gasteiger partial charge in [0, 0.05) is 14.1 Å². The summed E-state index contributed by atoms with van der Waals surface area (Å²) in [5.41, 5.74) is -1.92. The van der Waals surface area contributed by atoms with E-state index < -0.39 is 66.0 Å². The van der Waals surface area contributed by atoms with Crippen LogP contribution in [0.15, 0.2) is 17.0 Å². The first-order valence-electron chi connectivity index (χ1n) is 7.27. The van der Waals surface area contributed by atoms with Crippen LogP contribution in [0.4, 0.5) is 32.2 Å². The fourth-order valence-corrected chi connectivity index (χ4v) is 3.65. The molecule has 2 rings (SSSR count). The van der Waals surface area contributed by atoms with E-state index in [-0.39, 0.29) is 0 Å². The number of amidine groups is 1. The third-order valence-corrected chi connectivity index (χ3v) is 5.27. The molecule has 1 aromatic carbocycles. The molecule has 0 radical (unpaired) electrons. The van der Waals surface area contributed by atoms with E-state index in [4.69, 9.17) is 34.3 Å². The van der Waals surface area contributed by atoms with Gasteiger partial charge in [0.2, 0.25) is 0 Å². The van der Waals surface area contributed by atoms with Gasteiger partial charge in [0.05, 0.1) is 15.6 Å². The van der Waals surface area contributed by atoms with Crippen molar-refractivity contribution < 1.29 is 30.6 Å². The fourth-order valence-electron chi connectivity index (χ4n) is 2.18. The average molecular weight is 482 g/mol. The van der Waals surface area contributed by atoms with Crippen LogP contribution >= 0.6 is 23.2 Å². The number of hydrogen-bond donors (Lipinski definition) is 2. The number of anilines is 1. The van der Waals surface area contributed by atoms with Gasteiger partial charge in [0.1, 0.15) is 27.9 Å². The maximum atomic E-state index is 13.1. The van der Waals surface area contributed by atoms with Gasteiger partial charge in [-0.05, 0) is 12.1 Å². The zero-order valence-corrected chi connectivity index (χ0v) is 16.7. The summed E-state index contributed by atoms with van der Waals surface area (Å²) in [6.45, 7) is 0. The van der Waals surface area contributed by atoms with E-state index in [0.717, 1.165) is 4.90 Å². The van der Waals surface area contributed by atoms with E-state index in [2.05, 4.69) is 5.10 Å². The number of aromatic nitrogens is 2. The highest BCUT2D eigenvalue weighted by Crippen LogP contribution is 2.40. The lowest BCUT2D eigenvalue weighted by atomic mass is 10.2. The molecule has 0 amide bonds. The maximum Gasteiger partial charge on any atom is 0.476 e. The molecule has 1 aromatic heterocycles. The van der Waals surface area contributed by atoms with E-state index in [1.165, 1.54) is 14.1 Å². The number of benzene rings is 1. The molecule has 0 aliphatic rings. The molecule has 0 saturated carbocycles. The minimum Gasteiger partial charge on any atom is -0.383 e. The molecular formula is C14H11Cl2F6N5OS. The summed E-state index contributed by atoms with van der Waals surface area (Å²) in [7, 11) is -1.06. The molecule has 0 aliphatic carbocycles. The molecule has 160 valence electrons. The predicted octanol–water partition coefficient (Wildman–Crippen LogP) is 4.29.